The second kappa shape index (κ2) is 11.2. The summed E-state index contributed by atoms with van der Waals surface area (Å²) in [7, 11) is 3.27. The zero-order valence-corrected chi connectivity index (χ0v) is 20.6. The first kappa shape index (κ1) is 24.4. The summed E-state index contributed by atoms with van der Waals surface area (Å²) in [4.78, 5) is 4.81. The van der Waals surface area contributed by atoms with Crippen molar-refractivity contribution in [1.82, 2.24) is 35.4 Å². The average Bonchev–Trinajstić information content (AvgIpc) is 3.57. The molecule has 4 aromatic rings. The Kier molecular flexibility index (Phi) is 7.79. The molecule has 0 spiro atoms. The molecule has 4 rings (SSSR count). The van der Waals surface area contributed by atoms with E-state index < -0.39 is 5.79 Å². The Bertz CT molecular complexity index is 1240. The number of methoxy groups -OCH3 is 2. The average molecular weight is 474 g/mol. The van der Waals surface area contributed by atoms with Crippen molar-refractivity contribution < 1.29 is 9.47 Å². The number of hydrogen-bond acceptors (Lipinski definition) is 7. The van der Waals surface area contributed by atoms with Gasteiger partial charge in [0.2, 0.25) is 17.4 Å². The van der Waals surface area contributed by atoms with Crippen molar-refractivity contribution in [2.45, 2.75) is 45.4 Å². The number of H-pyrrole nitrogens is 1. The number of ether oxygens (including phenoxy) is 2. The second-order valence-corrected chi connectivity index (χ2v) is 8.17. The van der Waals surface area contributed by atoms with Crippen LogP contribution in [0.2, 0.25) is 0 Å². The molecule has 9 heteroatoms. The molecule has 35 heavy (non-hydrogen) atoms. The Labute approximate surface area is 205 Å². The minimum Gasteiger partial charge on any atom is -0.347 e. The van der Waals surface area contributed by atoms with E-state index in [1.807, 2.05) is 35.9 Å². The summed E-state index contributed by atoms with van der Waals surface area (Å²) < 4.78 is 13.4. The first-order chi connectivity index (χ1) is 17.1. The van der Waals surface area contributed by atoms with Crippen molar-refractivity contribution >= 4 is 0 Å². The Morgan fingerprint density at radius 2 is 1.77 bits per heavy atom. The van der Waals surface area contributed by atoms with E-state index >= 15 is 0 Å². The number of nitrogens with zero attached hydrogens (tertiary/aromatic N) is 6. The van der Waals surface area contributed by atoms with Crippen molar-refractivity contribution in [3.05, 3.63) is 77.9 Å². The predicted molar refractivity (Wildman–Crippen MR) is 133 cm³/mol. The van der Waals surface area contributed by atoms with E-state index in [4.69, 9.17) is 19.6 Å². The summed E-state index contributed by atoms with van der Waals surface area (Å²) in [6, 6.07) is 16.4. The third-order valence-electron chi connectivity index (χ3n) is 5.97. The second-order valence-electron chi connectivity index (χ2n) is 8.17. The van der Waals surface area contributed by atoms with E-state index in [0.29, 0.717) is 31.0 Å². The third-order valence-corrected chi connectivity index (χ3v) is 5.97. The van der Waals surface area contributed by atoms with Crippen LogP contribution in [0.25, 0.3) is 22.5 Å². The van der Waals surface area contributed by atoms with E-state index in [-0.39, 0.29) is 0 Å². The van der Waals surface area contributed by atoms with Gasteiger partial charge in [0.05, 0.1) is 6.54 Å². The van der Waals surface area contributed by atoms with Gasteiger partial charge in [-0.15, -0.1) is 15.3 Å². The third kappa shape index (κ3) is 5.21. The molecule has 0 atom stereocenters. The van der Waals surface area contributed by atoms with Crippen LogP contribution in [-0.4, -0.2) is 49.6 Å². The maximum absolute atomic E-state index is 5.75. The van der Waals surface area contributed by atoms with E-state index in [1.54, 1.807) is 14.2 Å². The largest absolute Gasteiger partial charge is 0.347 e. The van der Waals surface area contributed by atoms with Gasteiger partial charge in [-0.25, -0.2) is 9.67 Å². The molecule has 0 saturated carbocycles. The van der Waals surface area contributed by atoms with E-state index in [9.17, 15) is 0 Å². The van der Waals surface area contributed by atoms with Crippen LogP contribution >= 0.6 is 0 Å². The van der Waals surface area contributed by atoms with Crippen LogP contribution in [0, 0.1) is 0 Å². The molecular formula is C26H31N7O2. The summed E-state index contributed by atoms with van der Waals surface area (Å²) in [5, 5.41) is 19.3. The molecule has 0 fully saturated rings. The maximum Gasteiger partial charge on any atom is 0.231 e. The summed E-state index contributed by atoms with van der Waals surface area (Å²) in [5.74, 6) is 1.03. The number of benzene rings is 2. The van der Waals surface area contributed by atoms with Crippen LogP contribution in [0.3, 0.4) is 0 Å². The van der Waals surface area contributed by atoms with Crippen LogP contribution in [-0.2, 0) is 28.2 Å². The summed E-state index contributed by atoms with van der Waals surface area (Å²) in [5.41, 5.74) is 4.15. The first-order valence-electron chi connectivity index (χ1n) is 11.7. The SMILES string of the molecule is CC=CCc1nc(C(CCC)(OC)OC)nn1Cc1ccc(-c2ccccc2-c2nn[nH]n2)cc1. The first-order valence-corrected chi connectivity index (χ1v) is 11.7. The van der Waals surface area contributed by atoms with Gasteiger partial charge in [-0.2, -0.15) is 5.21 Å². The molecule has 0 amide bonds. The van der Waals surface area contributed by atoms with Crippen molar-refractivity contribution in [2.24, 2.45) is 0 Å². The number of aromatic nitrogens is 7. The Balaban J connectivity index is 1.63. The van der Waals surface area contributed by atoms with Crippen molar-refractivity contribution in [1.29, 1.82) is 0 Å². The lowest BCUT2D eigenvalue weighted by atomic mass is 9.98. The van der Waals surface area contributed by atoms with Crippen LogP contribution < -0.4 is 0 Å². The van der Waals surface area contributed by atoms with Crippen LogP contribution in [0.15, 0.2) is 60.7 Å². The molecule has 0 radical (unpaired) electrons. The quantitative estimate of drug-likeness (QED) is 0.252. The molecule has 0 aliphatic rings. The molecule has 0 aliphatic heterocycles. The lowest BCUT2D eigenvalue weighted by Crippen LogP contribution is -2.32. The van der Waals surface area contributed by atoms with Gasteiger partial charge >= 0.3 is 0 Å². The summed E-state index contributed by atoms with van der Waals surface area (Å²) >= 11 is 0. The van der Waals surface area contributed by atoms with Gasteiger partial charge in [0.15, 0.2) is 0 Å². The number of nitrogens with one attached hydrogen (secondary N) is 1. The highest BCUT2D eigenvalue weighted by Crippen LogP contribution is 2.31. The van der Waals surface area contributed by atoms with Crippen LogP contribution in [0.5, 0.6) is 0 Å². The Morgan fingerprint density at radius 3 is 2.40 bits per heavy atom. The van der Waals surface area contributed by atoms with Gasteiger partial charge in [0.25, 0.3) is 0 Å². The normalized spacial score (nSPS) is 12.0. The maximum atomic E-state index is 5.75. The van der Waals surface area contributed by atoms with Gasteiger partial charge < -0.3 is 9.47 Å². The summed E-state index contributed by atoms with van der Waals surface area (Å²) in [6.45, 7) is 4.67. The highest BCUT2D eigenvalue weighted by Gasteiger charge is 2.36. The van der Waals surface area contributed by atoms with Gasteiger partial charge in [-0.05, 0) is 28.8 Å². The minimum atomic E-state index is -0.951. The fraction of sp³-hybridized carbons (Fsp3) is 0.346. The lowest BCUT2D eigenvalue weighted by molar-refractivity contribution is -0.225. The highest BCUT2D eigenvalue weighted by atomic mass is 16.7. The lowest BCUT2D eigenvalue weighted by Gasteiger charge is -2.27. The number of hydrogen-bond donors (Lipinski definition) is 1. The van der Waals surface area contributed by atoms with Gasteiger partial charge in [0.1, 0.15) is 5.82 Å². The van der Waals surface area contributed by atoms with E-state index in [0.717, 1.165) is 34.5 Å². The molecule has 0 aliphatic carbocycles. The van der Waals surface area contributed by atoms with E-state index in [2.05, 4.69) is 64.0 Å². The molecule has 0 bridgehead atoms. The fourth-order valence-electron chi connectivity index (χ4n) is 4.12. The fourth-order valence-corrected chi connectivity index (χ4v) is 4.12. The van der Waals surface area contributed by atoms with Crippen molar-refractivity contribution in [2.75, 3.05) is 14.2 Å². The van der Waals surface area contributed by atoms with Crippen molar-refractivity contribution in [3.63, 3.8) is 0 Å². The molecule has 9 nitrogen and oxygen atoms in total. The van der Waals surface area contributed by atoms with Crippen LogP contribution in [0.4, 0.5) is 0 Å². The molecule has 2 aromatic heterocycles. The smallest absolute Gasteiger partial charge is 0.231 e. The Morgan fingerprint density at radius 1 is 1.03 bits per heavy atom. The number of rotatable bonds is 11. The number of allylic oxidation sites excluding steroid dienone is 2. The number of tetrazole rings is 1. The van der Waals surface area contributed by atoms with Gasteiger partial charge in [-0.1, -0.05) is 74.0 Å². The zero-order valence-electron chi connectivity index (χ0n) is 20.6. The van der Waals surface area contributed by atoms with Crippen molar-refractivity contribution in [3.8, 4) is 22.5 Å². The standard InChI is InChI=1S/C26H31N7O2/c1-5-7-12-23-27-25(26(34-3,35-4)17-6-2)30-33(23)18-19-13-15-20(16-14-19)21-10-8-9-11-22(21)24-28-31-32-29-24/h5,7-11,13-16H,6,12,17-18H2,1-4H3,(H,28,29,31,32). The highest BCUT2D eigenvalue weighted by molar-refractivity contribution is 5.80. The topological polar surface area (TPSA) is 104 Å². The molecule has 2 heterocycles. The molecule has 0 saturated heterocycles. The monoisotopic (exact) mass is 473 g/mol. The van der Waals surface area contributed by atoms with Crippen LogP contribution in [0.1, 0.15) is 43.9 Å². The Hall–Kier alpha value is -3.69. The number of aromatic amines is 1. The predicted octanol–water partition coefficient (Wildman–Crippen LogP) is 4.54. The molecule has 2 aromatic carbocycles. The van der Waals surface area contributed by atoms with E-state index in [1.165, 1.54) is 0 Å². The molecule has 0 unspecified atom stereocenters. The molecule has 182 valence electrons. The zero-order chi connectivity index (χ0) is 24.7. The van der Waals surface area contributed by atoms with Gasteiger partial charge in [-0.3, -0.25) is 0 Å². The summed E-state index contributed by atoms with van der Waals surface area (Å²) in [6.07, 6.45) is 6.31. The van der Waals surface area contributed by atoms with Gasteiger partial charge in [0, 0.05) is 32.6 Å². The minimum absolute atomic E-state index is 0.550. The molecular weight excluding hydrogens is 442 g/mol. The molecule has 1 N–H and O–H groups in total.